The van der Waals surface area contributed by atoms with Crippen molar-refractivity contribution in [2.75, 3.05) is 26.4 Å². The molecule has 162 valence electrons. The van der Waals surface area contributed by atoms with Gasteiger partial charge in [-0.1, -0.05) is 5.18 Å². The molecule has 0 aliphatic carbocycles. The third kappa shape index (κ3) is 5.65. The van der Waals surface area contributed by atoms with Gasteiger partial charge >= 0.3 is 0 Å². The lowest BCUT2D eigenvalue weighted by molar-refractivity contribution is -0.294. The van der Waals surface area contributed by atoms with Crippen molar-refractivity contribution in [2.24, 2.45) is 5.18 Å². The molecular formula is C17H29NO10. The second-order valence-electron chi connectivity index (χ2n) is 7.48. The normalized spacial score (nSPS) is 44.9. The van der Waals surface area contributed by atoms with Gasteiger partial charge in [0, 0.05) is 25.7 Å². The molecule has 9 atom stereocenters. The zero-order valence-corrected chi connectivity index (χ0v) is 15.5. The van der Waals surface area contributed by atoms with E-state index in [0.717, 1.165) is 0 Å². The molecule has 3 heterocycles. The molecule has 0 amide bonds. The maximum Gasteiger partial charge on any atom is 0.184 e. The van der Waals surface area contributed by atoms with Crippen LogP contribution in [0.5, 0.6) is 0 Å². The van der Waals surface area contributed by atoms with Gasteiger partial charge in [0.25, 0.3) is 0 Å². The van der Waals surface area contributed by atoms with Gasteiger partial charge in [-0.05, 0) is 0 Å². The van der Waals surface area contributed by atoms with Crippen LogP contribution in [-0.4, -0.2) is 102 Å². The molecule has 0 spiro atoms. The molecule has 0 aromatic carbocycles. The van der Waals surface area contributed by atoms with E-state index in [-0.39, 0.29) is 39.3 Å². The van der Waals surface area contributed by atoms with Crippen molar-refractivity contribution in [3.8, 4) is 0 Å². The Morgan fingerprint density at radius 1 is 0.964 bits per heavy atom. The highest BCUT2D eigenvalue weighted by molar-refractivity contribution is 4.84. The van der Waals surface area contributed by atoms with Crippen LogP contribution < -0.4 is 0 Å². The van der Waals surface area contributed by atoms with Gasteiger partial charge in [-0.3, -0.25) is 0 Å². The number of aliphatic hydroxyl groups excluding tert-OH is 4. The number of rotatable bonds is 7. The highest BCUT2D eigenvalue weighted by Gasteiger charge is 2.40. The molecule has 3 rings (SSSR count). The van der Waals surface area contributed by atoms with Crippen LogP contribution in [0.25, 0.3) is 0 Å². The van der Waals surface area contributed by atoms with Crippen molar-refractivity contribution in [2.45, 2.75) is 80.9 Å². The van der Waals surface area contributed by atoms with Crippen LogP contribution in [0.3, 0.4) is 0 Å². The summed E-state index contributed by atoms with van der Waals surface area (Å²) in [7, 11) is 0. The fourth-order valence-corrected chi connectivity index (χ4v) is 3.76. The summed E-state index contributed by atoms with van der Waals surface area (Å²) in [5, 5.41) is 41.5. The van der Waals surface area contributed by atoms with Crippen molar-refractivity contribution in [3.05, 3.63) is 4.91 Å². The van der Waals surface area contributed by atoms with Crippen molar-refractivity contribution in [1.82, 2.24) is 0 Å². The number of hydrogen-bond acceptors (Lipinski definition) is 11. The monoisotopic (exact) mass is 407 g/mol. The van der Waals surface area contributed by atoms with E-state index >= 15 is 0 Å². The Morgan fingerprint density at radius 2 is 1.79 bits per heavy atom. The van der Waals surface area contributed by atoms with Crippen molar-refractivity contribution in [3.63, 3.8) is 0 Å². The molecule has 3 aliphatic rings. The van der Waals surface area contributed by atoms with Crippen LogP contribution in [0.15, 0.2) is 5.18 Å². The van der Waals surface area contributed by atoms with Crippen LogP contribution in [-0.2, 0) is 23.7 Å². The summed E-state index contributed by atoms with van der Waals surface area (Å²) < 4.78 is 28.3. The minimum Gasteiger partial charge on any atom is -0.394 e. The first-order valence-electron chi connectivity index (χ1n) is 9.62. The van der Waals surface area contributed by atoms with Crippen LogP contribution >= 0.6 is 0 Å². The van der Waals surface area contributed by atoms with Gasteiger partial charge in [0.2, 0.25) is 0 Å². The van der Waals surface area contributed by atoms with Crippen molar-refractivity contribution in [1.29, 1.82) is 0 Å². The van der Waals surface area contributed by atoms with Crippen LogP contribution in [0.4, 0.5) is 0 Å². The van der Waals surface area contributed by atoms with E-state index in [0.29, 0.717) is 12.8 Å². The van der Waals surface area contributed by atoms with Crippen LogP contribution in [0.1, 0.15) is 25.7 Å². The van der Waals surface area contributed by atoms with Crippen LogP contribution in [0, 0.1) is 4.91 Å². The Bertz CT molecular complexity index is 497. The molecule has 11 heteroatoms. The second-order valence-corrected chi connectivity index (χ2v) is 7.48. The molecule has 28 heavy (non-hydrogen) atoms. The predicted molar refractivity (Wildman–Crippen MR) is 92.1 cm³/mol. The number of aliphatic hydroxyl groups is 4. The lowest BCUT2D eigenvalue weighted by Crippen LogP contribution is -2.52. The molecule has 3 saturated heterocycles. The van der Waals surface area contributed by atoms with Crippen molar-refractivity contribution < 1.29 is 44.1 Å². The van der Waals surface area contributed by atoms with Gasteiger partial charge in [0.1, 0.15) is 12.2 Å². The smallest absolute Gasteiger partial charge is 0.184 e. The van der Waals surface area contributed by atoms with E-state index in [9.17, 15) is 25.3 Å². The van der Waals surface area contributed by atoms with E-state index < -0.39 is 55.2 Å². The molecule has 11 nitrogen and oxygen atoms in total. The topological polar surface area (TPSA) is 156 Å². The first-order chi connectivity index (χ1) is 13.5. The number of ether oxygens (including phenoxy) is 5. The zero-order valence-electron chi connectivity index (χ0n) is 15.5. The predicted octanol–water partition coefficient (Wildman–Crippen LogP) is -1.36. The maximum absolute atomic E-state index is 10.9. The van der Waals surface area contributed by atoms with E-state index in [2.05, 4.69) is 5.18 Å². The SMILES string of the molecule is O=N[C@@H]1C[C@H](CO)O[C@H](O[C@H]2CO[C@H](CO)[C@@H](O[C@H]3OC[C@@H](O)C[C@H]3O)C2)C1. The van der Waals surface area contributed by atoms with E-state index in [1.807, 2.05) is 0 Å². The number of hydrogen-bond donors (Lipinski definition) is 4. The highest BCUT2D eigenvalue weighted by Crippen LogP contribution is 2.29. The molecule has 0 aromatic heterocycles. The zero-order chi connectivity index (χ0) is 20.1. The summed E-state index contributed by atoms with van der Waals surface area (Å²) in [6, 6.07) is -0.491. The molecule has 3 fully saturated rings. The number of nitrogens with zero attached hydrogens (tertiary/aromatic N) is 1. The molecule has 0 aromatic rings. The van der Waals surface area contributed by atoms with Crippen molar-refractivity contribution >= 4 is 0 Å². The second kappa shape index (κ2) is 10.3. The first-order valence-corrected chi connectivity index (χ1v) is 9.62. The van der Waals surface area contributed by atoms with Gasteiger partial charge in [-0.25, -0.2) is 0 Å². The van der Waals surface area contributed by atoms with Gasteiger partial charge in [0.15, 0.2) is 12.6 Å². The molecule has 3 aliphatic heterocycles. The van der Waals surface area contributed by atoms with E-state index in [1.165, 1.54) is 0 Å². The third-order valence-electron chi connectivity index (χ3n) is 5.22. The Kier molecular flexibility index (Phi) is 8.09. The summed E-state index contributed by atoms with van der Waals surface area (Å²) in [6.07, 6.45) is -4.41. The Balaban J connectivity index is 1.56. The fourth-order valence-electron chi connectivity index (χ4n) is 3.76. The molecular weight excluding hydrogens is 378 g/mol. The molecule has 0 saturated carbocycles. The fraction of sp³-hybridized carbons (Fsp3) is 1.00. The molecule has 4 N–H and O–H groups in total. The molecule has 0 radical (unpaired) electrons. The van der Waals surface area contributed by atoms with Gasteiger partial charge in [0.05, 0.1) is 56.9 Å². The standard InChI is InChI=1S/C17H29NO10/c19-5-11-1-9(18-23)2-16(26-11)27-12-4-14(15(6-20)24-8-12)28-17-13(22)3-10(21)7-25-17/h9-17,19-22H,1-8H2/t9-,10+,11-,12-,13-,14+,15-,16-,17-/m1/s1. The maximum atomic E-state index is 10.9. The summed E-state index contributed by atoms with van der Waals surface area (Å²) >= 11 is 0. The summed E-state index contributed by atoms with van der Waals surface area (Å²) in [4.78, 5) is 10.9. The lowest BCUT2D eigenvalue weighted by atomic mass is 10.0. The van der Waals surface area contributed by atoms with Gasteiger partial charge < -0.3 is 44.1 Å². The Morgan fingerprint density at radius 3 is 2.46 bits per heavy atom. The van der Waals surface area contributed by atoms with E-state index in [4.69, 9.17) is 23.7 Å². The summed E-state index contributed by atoms with van der Waals surface area (Å²) in [6.45, 7) is -0.251. The van der Waals surface area contributed by atoms with E-state index in [1.54, 1.807) is 0 Å². The Labute approximate surface area is 162 Å². The summed E-state index contributed by atoms with van der Waals surface area (Å²) in [5.74, 6) is 0. The highest BCUT2D eigenvalue weighted by atomic mass is 16.7. The average molecular weight is 407 g/mol. The average Bonchev–Trinajstić information content (AvgIpc) is 2.70. The number of nitroso groups, excluding NO2 is 1. The first kappa shape index (κ1) is 21.9. The quantitative estimate of drug-likeness (QED) is 0.372. The Hall–Kier alpha value is -0.760. The van der Waals surface area contributed by atoms with Gasteiger partial charge in [-0.15, -0.1) is 0 Å². The molecule has 0 unspecified atom stereocenters. The molecule has 0 bridgehead atoms. The lowest BCUT2D eigenvalue weighted by Gasteiger charge is -2.41. The minimum atomic E-state index is -0.990. The van der Waals surface area contributed by atoms with Gasteiger partial charge in [-0.2, -0.15) is 4.91 Å². The third-order valence-corrected chi connectivity index (χ3v) is 5.22. The van der Waals surface area contributed by atoms with Crippen LogP contribution in [0.2, 0.25) is 0 Å². The largest absolute Gasteiger partial charge is 0.394 e. The minimum absolute atomic E-state index is 0.0531. The summed E-state index contributed by atoms with van der Waals surface area (Å²) in [5.41, 5.74) is 0.